The molecule has 2 aromatic heterocycles. The van der Waals surface area contributed by atoms with E-state index in [1.54, 1.807) is 30.7 Å². The van der Waals surface area contributed by atoms with Crippen LogP contribution in [0.3, 0.4) is 0 Å². The number of hydrogen-bond donors (Lipinski definition) is 1. The number of amides is 1. The Morgan fingerprint density at radius 2 is 1.69 bits per heavy atom. The van der Waals surface area contributed by atoms with Crippen LogP contribution in [0.2, 0.25) is 0 Å². The lowest BCUT2D eigenvalue weighted by Gasteiger charge is -2.46. The van der Waals surface area contributed by atoms with Crippen LogP contribution in [-0.2, 0) is 0 Å². The van der Waals surface area contributed by atoms with E-state index in [-0.39, 0.29) is 17.7 Å². The second kappa shape index (κ2) is 7.99. The van der Waals surface area contributed by atoms with Crippen molar-refractivity contribution in [2.45, 2.75) is 32.4 Å². The van der Waals surface area contributed by atoms with Crippen LogP contribution in [0.1, 0.15) is 54.2 Å². The molecule has 1 N–H and O–H groups in total. The largest absolute Gasteiger partial charge is 0.467 e. The highest BCUT2D eigenvalue weighted by molar-refractivity contribution is 5.97. The summed E-state index contributed by atoms with van der Waals surface area (Å²) in [6.07, 6.45) is 3.58. The van der Waals surface area contributed by atoms with Gasteiger partial charge >= 0.3 is 0 Å². The van der Waals surface area contributed by atoms with Crippen LogP contribution in [0.15, 0.2) is 81.1 Å². The minimum absolute atomic E-state index is 0.115. The lowest BCUT2D eigenvalue weighted by atomic mass is 9.75. The minimum Gasteiger partial charge on any atom is -0.467 e. The first kappa shape index (κ1) is 19.1. The fourth-order valence-corrected chi connectivity index (χ4v) is 4.33. The first-order valence-electron chi connectivity index (χ1n) is 9.77. The monoisotopic (exact) mass is 392 g/mol. The molecule has 2 unspecified atom stereocenters. The second-order valence-corrected chi connectivity index (χ2v) is 7.64. The summed E-state index contributed by atoms with van der Waals surface area (Å²) in [5.74, 6) is 1.13. The first-order chi connectivity index (χ1) is 14.1. The number of hydrogen-bond acceptors (Lipinski definition) is 5. The van der Waals surface area contributed by atoms with Gasteiger partial charge in [-0.2, -0.15) is 0 Å². The molecule has 29 heavy (non-hydrogen) atoms. The Bertz CT molecular complexity index is 962. The van der Waals surface area contributed by atoms with E-state index >= 15 is 0 Å². The van der Waals surface area contributed by atoms with E-state index in [0.717, 1.165) is 0 Å². The Morgan fingerprint density at radius 3 is 2.24 bits per heavy atom. The standard InChI is InChI=1S/C23H24N2O4/c1-15(2)21-17(24-27)14-18(19-10-6-12-28-19)25(22(21)20-11-7-13-29-20)23(26)16-8-4-3-5-9-16/h3-13,15,18,21-22,27H,14H2,1-2H3/b24-17+/t18?,21-,22?/m0/s1. The van der Waals surface area contributed by atoms with Gasteiger partial charge in [0.25, 0.3) is 5.91 Å². The van der Waals surface area contributed by atoms with Crippen molar-refractivity contribution in [1.82, 2.24) is 4.90 Å². The number of oxime groups is 1. The molecule has 0 spiro atoms. The molecular weight excluding hydrogens is 368 g/mol. The maximum Gasteiger partial charge on any atom is 0.255 e. The number of likely N-dealkylation sites (tertiary alicyclic amines) is 1. The fraction of sp³-hybridized carbons (Fsp3) is 0.304. The molecule has 0 radical (unpaired) electrons. The molecular formula is C23H24N2O4. The van der Waals surface area contributed by atoms with Crippen molar-refractivity contribution in [2.24, 2.45) is 17.0 Å². The smallest absolute Gasteiger partial charge is 0.255 e. The zero-order valence-electron chi connectivity index (χ0n) is 16.4. The van der Waals surface area contributed by atoms with Gasteiger partial charge in [-0.25, -0.2) is 0 Å². The lowest BCUT2D eigenvalue weighted by Crippen LogP contribution is -2.49. The summed E-state index contributed by atoms with van der Waals surface area (Å²) >= 11 is 0. The van der Waals surface area contributed by atoms with Crippen LogP contribution in [0.25, 0.3) is 0 Å². The number of carbonyl (C=O) groups excluding carboxylic acids is 1. The molecule has 3 atom stereocenters. The Kier molecular flexibility index (Phi) is 5.25. The van der Waals surface area contributed by atoms with Crippen LogP contribution in [0, 0.1) is 11.8 Å². The Labute approximate surface area is 169 Å². The maximum absolute atomic E-state index is 13.7. The maximum atomic E-state index is 13.7. The van der Waals surface area contributed by atoms with Crippen LogP contribution in [-0.4, -0.2) is 21.7 Å². The van der Waals surface area contributed by atoms with Gasteiger partial charge in [0.15, 0.2) is 0 Å². The Hall–Kier alpha value is -3.28. The summed E-state index contributed by atoms with van der Waals surface area (Å²) in [6.45, 7) is 4.12. The van der Waals surface area contributed by atoms with Crippen molar-refractivity contribution in [2.75, 3.05) is 0 Å². The molecule has 1 aromatic carbocycles. The molecule has 4 rings (SSSR count). The van der Waals surface area contributed by atoms with E-state index in [1.165, 1.54) is 0 Å². The number of carbonyl (C=O) groups is 1. The molecule has 3 heterocycles. The molecule has 6 heteroatoms. The lowest BCUT2D eigenvalue weighted by molar-refractivity contribution is 0.0326. The molecule has 1 aliphatic rings. The molecule has 0 aliphatic carbocycles. The third-order valence-electron chi connectivity index (χ3n) is 5.57. The third-order valence-corrected chi connectivity index (χ3v) is 5.57. The van der Waals surface area contributed by atoms with Crippen LogP contribution < -0.4 is 0 Å². The van der Waals surface area contributed by atoms with Gasteiger partial charge < -0.3 is 18.9 Å². The predicted molar refractivity (Wildman–Crippen MR) is 108 cm³/mol. The summed E-state index contributed by atoms with van der Waals surface area (Å²) in [4.78, 5) is 15.5. The molecule has 3 aromatic rings. The average molecular weight is 392 g/mol. The summed E-state index contributed by atoms with van der Waals surface area (Å²) < 4.78 is 11.4. The quantitative estimate of drug-likeness (QED) is 0.482. The van der Waals surface area contributed by atoms with Gasteiger partial charge in [0.05, 0.1) is 30.3 Å². The zero-order chi connectivity index (χ0) is 20.4. The first-order valence-corrected chi connectivity index (χ1v) is 9.77. The van der Waals surface area contributed by atoms with Crippen molar-refractivity contribution < 1.29 is 18.8 Å². The Balaban J connectivity index is 1.89. The molecule has 1 aliphatic heterocycles. The number of furan rings is 2. The van der Waals surface area contributed by atoms with Crippen molar-refractivity contribution in [1.29, 1.82) is 0 Å². The van der Waals surface area contributed by atoms with Crippen LogP contribution in [0.4, 0.5) is 0 Å². The third kappa shape index (κ3) is 3.46. The van der Waals surface area contributed by atoms with E-state index in [4.69, 9.17) is 8.83 Å². The van der Waals surface area contributed by atoms with Gasteiger partial charge in [-0.05, 0) is 42.3 Å². The van der Waals surface area contributed by atoms with Crippen molar-refractivity contribution >= 4 is 11.6 Å². The molecule has 150 valence electrons. The molecule has 0 bridgehead atoms. The summed E-state index contributed by atoms with van der Waals surface area (Å²) in [5.41, 5.74) is 1.23. The minimum atomic E-state index is -0.424. The number of rotatable bonds is 4. The molecule has 1 saturated heterocycles. The van der Waals surface area contributed by atoms with Gasteiger partial charge in [0.2, 0.25) is 0 Å². The van der Waals surface area contributed by atoms with Gasteiger partial charge in [0.1, 0.15) is 11.5 Å². The van der Waals surface area contributed by atoms with E-state index < -0.39 is 12.1 Å². The highest BCUT2D eigenvalue weighted by Gasteiger charge is 2.48. The highest BCUT2D eigenvalue weighted by atomic mass is 16.4. The van der Waals surface area contributed by atoms with E-state index in [0.29, 0.717) is 29.2 Å². The van der Waals surface area contributed by atoms with Crippen molar-refractivity contribution in [3.63, 3.8) is 0 Å². The van der Waals surface area contributed by atoms with Gasteiger partial charge in [-0.1, -0.05) is 37.2 Å². The van der Waals surface area contributed by atoms with Gasteiger partial charge in [-0.15, -0.1) is 0 Å². The normalized spacial score (nSPS) is 23.6. The zero-order valence-corrected chi connectivity index (χ0v) is 16.4. The SMILES string of the molecule is CC(C)[C@H]1/C(=N/O)CC(c2ccco2)N(C(=O)c2ccccc2)C1c1ccco1. The molecule has 0 saturated carbocycles. The fourth-order valence-electron chi connectivity index (χ4n) is 4.33. The number of nitrogens with zero attached hydrogens (tertiary/aromatic N) is 2. The highest BCUT2D eigenvalue weighted by Crippen LogP contribution is 2.47. The van der Waals surface area contributed by atoms with E-state index in [9.17, 15) is 10.0 Å². The van der Waals surface area contributed by atoms with Gasteiger partial charge in [-0.3, -0.25) is 4.79 Å². The van der Waals surface area contributed by atoms with Crippen LogP contribution >= 0.6 is 0 Å². The number of benzene rings is 1. The van der Waals surface area contributed by atoms with Crippen molar-refractivity contribution in [3.8, 4) is 0 Å². The summed E-state index contributed by atoms with van der Waals surface area (Å²) in [5, 5.41) is 13.4. The average Bonchev–Trinajstić information content (AvgIpc) is 3.46. The topological polar surface area (TPSA) is 79.2 Å². The van der Waals surface area contributed by atoms with Gasteiger partial charge in [0, 0.05) is 17.9 Å². The predicted octanol–water partition coefficient (Wildman–Crippen LogP) is 5.30. The van der Waals surface area contributed by atoms with Crippen molar-refractivity contribution in [3.05, 3.63) is 84.2 Å². The second-order valence-electron chi connectivity index (χ2n) is 7.64. The van der Waals surface area contributed by atoms with E-state index in [1.807, 2.05) is 41.3 Å². The summed E-state index contributed by atoms with van der Waals surface area (Å²) in [6, 6.07) is 15.7. The van der Waals surface area contributed by atoms with E-state index in [2.05, 4.69) is 19.0 Å². The molecule has 1 fully saturated rings. The molecule has 1 amide bonds. The molecule has 6 nitrogen and oxygen atoms in total. The number of piperidine rings is 1. The Morgan fingerprint density at radius 1 is 1.03 bits per heavy atom. The summed E-state index contributed by atoms with van der Waals surface area (Å²) in [7, 11) is 0. The van der Waals surface area contributed by atoms with Crippen LogP contribution in [0.5, 0.6) is 0 Å².